The summed E-state index contributed by atoms with van der Waals surface area (Å²) in [6.45, 7) is 6.68. The van der Waals surface area contributed by atoms with E-state index in [0.29, 0.717) is 23.8 Å². The van der Waals surface area contributed by atoms with Crippen molar-refractivity contribution < 1.29 is 14.3 Å². The van der Waals surface area contributed by atoms with Gasteiger partial charge in [0.05, 0.1) is 5.56 Å². The molecule has 0 aliphatic carbocycles. The van der Waals surface area contributed by atoms with E-state index in [0.717, 1.165) is 18.3 Å². The van der Waals surface area contributed by atoms with Crippen LogP contribution in [-0.2, 0) is 4.79 Å². The molecule has 0 saturated heterocycles. The lowest BCUT2D eigenvalue weighted by Gasteiger charge is -2.10. The van der Waals surface area contributed by atoms with Gasteiger partial charge in [0.1, 0.15) is 5.75 Å². The molecule has 19 heavy (non-hydrogen) atoms. The molecule has 0 bridgehead atoms. The minimum Gasteiger partial charge on any atom is -0.483 e. The lowest BCUT2D eigenvalue weighted by atomic mass is 10.1. The van der Waals surface area contributed by atoms with Crippen molar-refractivity contribution >= 4 is 12.2 Å². The van der Waals surface area contributed by atoms with Crippen LogP contribution in [0.2, 0.25) is 0 Å². The number of aryl methyl sites for hydroxylation is 1. The molecular weight excluding hydrogens is 242 g/mol. The van der Waals surface area contributed by atoms with Crippen LogP contribution in [-0.4, -0.2) is 25.3 Å². The first-order valence-electron chi connectivity index (χ1n) is 6.48. The van der Waals surface area contributed by atoms with Crippen molar-refractivity contribution in [3.05, 3.63) is 29.3 Å². The highest BCUT2D eigenvalue weighted by molar-refractivity contribution is 5.81. The first-order chi connectivity index (χ1) is 9.02. The van der Waals surface area contributed by atoms with Gasteiger partial charge in [-0.15, -0.1) is 0 Å². The Morgan fingerprint density at radius 1 is 1.42 bits per heavy atom. The van der Waals surface area contributed by atoms with E-state index in [2.05, 4.69) is 19.2 Å². The zero-order valence-electron chi connectivity index (χ0n) is 11.7. The first kappa shape index (κ1) is 15.2. The second-order valence-electron chi connectivity index (χ2n) is 4.98. The monoisotopic (exact) mass is 263 g/mol. The van der Waals surface area contributed by atoms with E-state index in [1.165, 1.54) is 0 Å². The molecule has 1 aromatic rings. The molecule has 4 heteroatoms. The van der Waals surface area contributed by atoms with E-state index in [1.807, 2.05) is 13.0 Å². The Morgan fingerprint density at radius 2 is 2.16 bits per heavy atom. The molecule has 0 atom stereocenters. The third-order valence-corrected chi connectivity index (χ3v) is 2.69. The van der Waals surface area contributed by atoms with Gasteiger partial charge in [-0.25, -0.2) is 0 Å². The van der Waals surface area contributed by atoms with E-state index in [9.17, 15) is 9.59 Å². The molecule has 0 aromatic heterocycles. The number of hydrogen-bond donors (Lipinski definition) is 1. The third kappa shape index (κ3) is 5.55. The second-order valence-corrected chi connectivity index (χ2v) is 4.98. The van der Waals surface area contributed by atoms with Crippen LogP contribution < -0.4 is 10.1 Å². The Labute approximate surface area is 114 Å². The van der Waals surface area contributed by atoms with Crippen molar-refractivity contribution in [1.82, 2.24) is 5.32 Å². The Hall–Kier alpha value is -1.84. The Balaban J connectivity index is 2.44. The zero-order valence-corrected chi connectivity index (χ0v) is 11.7. The maximum atomic E-state index is 11.5. The van der Waals surface area contributed by atoms with Crippen molar-refractivity contribution in [2.75, 3.05) is 13.2 Å². The molecule has 1 aromatic carbocycles. The van der Waals surface area contributed by atoms with Gasteiger partial charge in [0.25, 0.3) is 5.91 Å². The number of nitrogens with one attached hydrogen (secondary N) is 1. The standard InChI is InChI=1S/C15H21NO3/c1-11(2)6-7-16-15(18)10-19-14-5-4-12(3)8-13(14)9-17/h4-5,8-9,11H,6-7,10H2,1-3H3,(H,16,18). The molecule has 1 N–H and O–H groups in total. The smallest absolute Gasteiger partial charge is 0.257 e. The summed E-state index contributed by atoms with van der Waals surface area (Å²) in [6, 6.07) is 5.29. The Kier molecular flexibility index (Phi) is 6.06. The second kappa shape index (κ2) is 7.56. The summed E-state index contributed by atoms with van der Waals surface area (Å²) in [5.41, 5.74) is 1.45. The zero-order chi connectivity index (χ0) is 14.3. The summed E-state index contributed by atoms with van der Waals surface area (Å²) in [4.78, 5) is 22.4. The van der Waals surface area contributed by atoms with Crippen LogP contribution in [0.15, 0.2) is 18.2 Å². The molecule has 1 amide bonds. The van der Waals surface area contributed by atoms with Crippen LogP contribution >= 0.6 is 0 Å². The van der Waals surface area contributed by atoms with Crippen LogP contribution in [0.25, 0.3) is 0 Å². The number of aldehydes is 1. The SMILES string of the molecule is Cc1ccc(OCC(=O)NCCC(C)C)c(C=O)c1. The lowest BCUT2D eigenvalue weighted by molar-refractivity contribution is -0.123. The van der Waals surface area contributed by atoms with Crippen LogP contribution in [0.3, 0.4) is 0 Å². The van der Waals surface area contributed by atoms with Crippen molar-refractivity contribution in [3.63, 3.8) is 0 Å². The van der Waals surface area contributed by atoms with Gasteiger partial charge in [0, 0.05) is 6.54 Å². The largest absolute Gasteiger partial charge is 0.483 e. The van der Waals surface area contributed by atoms with Crippen LogP contribution in [0.5, 0.6) is 5.75 Å². The Morgan fingerprint density at radius 3 is 2.79 bits per heavy atom. The summed E-state index contributed by atoms with van der Waals surface area (Å²) < 4.78 is 5.36. The third-order valence-electron chi connectivity index (χ3n) is 2.69. The number of hydrogen-bond acceptors (Lipinski definition) is 3. The molecule has 0 aliphatic heterocycles. The molecule has 1 rings (SSSR count). The lowest BCUT2D eigenvalue weighted by Crippen LogP contribution is -2.30. The van der Waals surface area contributed by atoms with Gasteiger partial charge < -0.3 is 10.1 Å². The van der Waals surface area contributed by atoms with Crippen molar-refractivity contribution in [2.45, 2.75) is 27.2 Å². The quantitative estimate of drug-likeness (QED) is 0.768. The molecule has 0 aliphatic rings. The predicted molar refractivity (Wildman–Crippen MR) is 74.5 cm³/mol. The van der Waals surface area contributed by atoms with Crippen molar-refractivity contribution in [2.24, 2.45) is 5.92 Å². The van der Waals surface area contributed by atoms with Gasteiger partial charge in [0.2, 0.25) is 0 Å². The fourth-order valence-corrected chi connectivity index (χ4v) is 1.59. The minimum absolute atomic E-state index is 0.0675. The maximum Gasteiger partial charge on any atom is 0.257 e. The van der Waals surface area contributed by atoms with Gasteiger partial charge in [-0.3, -0.25) is 9.59 Å². The number of benzene rings is 1. The molecule has 0 unspecified atom stereocenters. The summed E-state index contributed by atoms with van der Waals surface area (Å²) in [5, 5.41) is 2.78. The van der Waals surface area contributed by atoms with Crippen molar-refractivity contribution in [1.29, 1.82) is 0 Å². The molecule has 104 valence electrons. The summed E-state index contributed by atoms with van der Waals surface area (Å²) >= 11 is 0. The van der Waals surface area contributed by atoms with E-state index in [4.69, 9.17) is 4.74 Å². The molecule has 0 spiro atoms. The number of ether oxygens (including phenoxy) is 1. The van der Waals surface area contributed by atoms with Gasteiger partial charge >= 0.3 is 0 Å². The highest BCUT2D eigenvalue weighted by Crippen LogP contribution is 2.17. The molecule has 0 radical (unpaired) electrons. The van der Waals surface area contributed by atoms with Gasteiger partial charge in [-0.2, -0.15) is 0 Å². The molecular formula is C15H21NO3. The molecule has 0 saturated carbocycles. The molecule has 0 fully saturated rings. The van der Waals surface area contributed by atoms with Gasteiger partial charge in [-0.1, -0.05) is 25.5 Å². The van der Waals surface area contributed by atoms with Crippen LogP contribution in [0.1, 0.15) is 36.2 Å². The predicted octanol–water partition coefficient (Wildman–Crippen LogP) is 2.35. The highest BCUT2D eigenvalue weighted by atomic mass is 16.5. The van der Waals surface area contributed by atoms with E-state index in [1.54, 1.807) is 12.1 Å². The van der Waals surface area contributed by atoms with E-state index >= 15 is 0 Å². The fraction of sp³-hybridized carbons (Fsp3) is 0.467. The van der Waals surface area contributed by atoms with E-state index in [-0.39, 0.29) is 12.5 Å². The number of amides is 1. The number of carbonyl (C=O) groups is 2. The summed E-state index contributed by atoms with van der Waals surface area (Å²) in [5.74, 6) is 0.831. The maximum absolute atomic E-state index is 11.5. The van der Waals surface area contributed by atoms with E-state index < -0.39 is 0 Å². The Bertz CT molecular complexity index is 441. The number of rotatable bonds is 7. The minimum atomic E-state index is -0.168. The molecule has 0 heterocycles. The number of carbonyl (C=O) groups excluding carboxylic acids is 2. The topological polar surface area (TPSA) is 55.4 Å². The highest BCUT2D eigenvalue weighted by Gasteiger charge is 2.06. The average Bonchev–Trinajstić information content (AvgIpc) is 2.36. The molecule has 4 nitrogen and oxygen atoms in total. The summed E-state index contributed by atoms with van der Waals surface area (Å²) in [6.07, 6.45) is 1.68. The average molecular weight is 263 g/mol. The first-order valence-corrected chi connectivity index (χ1v) is 6.48. The normalized spacial score (nSPS) is 10.3. The van der Waals surface area contributed by atoms with Crippen molar-refractivity contribution in [3.8, 4) is 5.75 Å². The van der Waals surface area contributed by atoms with Gasteiger partial charge in [-0.05, 0) is 31.4 Å². The van der Waals surface area contributed by atoms with Gasteiger partial charge in [0.15, 0.2) is 12.9 Å². The van der Waals surface area contributed by atoms with Crippen LogP contribution in [0.4, 0.5) is 0 Å². The summed E-state index contributed by atoms with van der Waals surface area (Å²) in [7, 11) is 0. The van der Waals surface area contributed by atoms with Crippen LogP contribution in [0, 0.1) is 12.8 Å². The fourth-order valence-electron chi connectivity index (χ4n) is 1.59.